The number of aliphatic imine (C=N–C) groups is 1. The molecule has 0 saturated heterocycles. The van der Waals surface area contributed by atoms with Crippen LogP contribution in [0.25, 0.3) is 0 Å². The Balaban J connectivity index is 1.81. The van der Waals surface area contributed by atoms with E-state index in [1.165, 1.54) is 35.7 Å². The van der Waals surface area contributed by atoms with Gasteiger partial charge < -0.3 is 9.64 Å². The summed E-state index contributed by atoms with van der Waals surface area (Å²) >= 11 is 5.90. The molecular formula is C18H17ClFN5O2. The van der Waals surface area contributed by atoms with Crippen molar-refractivity contribution < 1.29 is 13.9 Å². The summed E-state index contributed by atoms with van der Waals surface area (Å²) in [5.74, 6) is 0.124. The lowest BCUT2D eigenvalue weighted by Gasteiger charge is -2.32. The van der Waals surface area contributed by atoms with Crippen LogP contribution >= 0.6 is 11.6 Å². The van der Waals surface area contributed by atoms with Crippen LogP contribution in [0.4, 0.5) is 4.39 Å². The first-order valence-corrected chi connectivity index (χ1v) is 8.36. The third-order valence-electron chi connectivity index (χ3n) is 3.61. The molecule has 27 heavy (non-hydrogen) atoms. The molecule has 7 nitrogen and oxygen atoms in total. The number of aromatic nitrogens is 1. The minimum absolute atomic E-state index is 0.177. The SMILES string of the molecule is CN(C)C1=CC(Oc2ccnc(Cl)c2)N(NC(=O)c2cccc(F)c2)C=N1. The van der Waals surface area contributed by atoms with E-state index in [1.54, 1.807) is 23.1 Å². The molecule has 0 aliphatic carbocycles. The molecule has 1 aliphatic heterocycles. The summed E-state index contributed by atoms with van der Waals surface area (Å²) < 4.78 is 19.3. The van der Waals surface area contributed by atoms with Gasteiger partial charge in [0.05, 0.1) is 0 Å². The molecule has 1 atom stereocenters. The second-order valence-electron chi connectivity index (χ2n) is 5.85. The molecule has 0 fully saturated rings. The van der Waals surface area contributed by atoms with E-state index in [2.05, 4.69) is 15.4 Å². The monoisotopic (exact) mass is 389 g/mol. The minimum atomic E-state index is -0.698. The summed E-state index contributed by atoms with van der Waals surface area (Å²) in [4.78, 5) is 22.4. The van der Waals surface area contributed by atoms with Gasteiger partial charge in [-0.15, -0.1) is 0 Å². The molecule has 2 aromatic rings. The van der Waals surface area contributed by atoms with E-state index in [0.29, 0.717) is 11.6 Å². The molecule has 0 bridgehead atoms. The van der Waals surface area contributed by atoms with Crippen LogP contribution in [-0.2, 0) is 0 Å². The maximum atomic E-state index is 13.4. The van der Waals surface area contributed by atoms with Gasteiger partial charge in [-0.3, -0.25) is 10.2 Å². The summed E-state index contributed by atoms with van der Waals surface area (Å²) in [7, 11) is 3.68. The molecule has 1 aromatic carbocycles. The first-order valence-electron chi connectivity index (χ1n) is 7.99. The van der Waals surface area contributed by atoms with E-state index in [0.717, 1.165) is 6.07 Å². The van der Waals surface area contributed by atoms with Crippen molar-refractivity contribution in [3.63, 3.8) is 0 Å². The average molecular weight is 390 g/mol. The van der Waals surface area contributed by atoms with Gasteiger partial charge >= 0.3 is 0 Å². The highest BCUT2D eigenvalue weighted by molar-refractivity contribution is 6.29. The highest BCUT2D eigenvalue weighted by atomic mass is 35.5. The van der Waals surface area contributed by atoms with E-state index in [-0.39, 0.29) is 10.7 Å². The van der Waals surface area contributed by atoms with E-state index < -0.39 is 18.0 Å². The molecule has 1 unspecified atom stereocenters. The van der Waals surface area contributed by atoms with Gasteiger partial charge in [-0.2, -0.15) is 0 Å². The minimum Gasteiger partial charge on any atom is -0.465 e. The summed E-state index contributed by atoms with van der Waals surface area (Å²) in [5.41, 5.74) is 2.83. The van der Waals surface area contributed by atoms with Crippen molar-refractivity contribution in [1.82, 2.24) is 20.3 Å². The largest absolute Gasteiger partial charge is 0.465 e. The van der Waals surface area contributed by atoms with Gasteiger partial charge in [0.1, 0.15) is 28.9 Å². The zero-order valence-electron chi connectivity index (χ0n) is 14.6. The molecule has 1 aliphatic rings. The average Bonchev–Trinajstić information content (AvgIpc) is 2.63. The van der Waals surface area contributed by atoms with Crippen LogP contribution in [0.15, 0.2) is 59.5 Å². The number of hydrazine groups is 1. The van der Waals surface area contributed by atoms with E-state index in [4.69, 9.17) is 16.3 Å². The van der Waals surface area contributed by atoms with E-state index >= 15 is 0 Å². The molecule has 0 radical (unpaired) electrons. The highest BCUT2D eigenvalue weighted by Gasteiger charge is 2.23. The second-order valence-corrected chi connectivity index (χ2v) is 6.23. The molecular weight excluding hydrogens is 373 g/mol. The Labute approximate surface area is 160 Å². The molecule has 9 heteroatoms. The zero-order chi connectivity index (χ0) is 19.4. The highest BCUT2D eigenvalue weighted by Crippen LogP contribution is 2.20. The van der Waals surface area contributed by atoms with Crippen molar-refractivity contribution in [2.24, 2.45) is 4.99 Å². The predicted octanol–water partition coefficient (Wildman–Crippen LogP) is 2.67. The molecule has 1 amide bonds. The fraction of sp³-hybridized carbons (Fsp3) is 0.167. The van der Waals surface area contributed by atoms with Gasteiger partial charge in [0.2, 0.25) is 6.23 Å². The molecule has 0 spiro atoms. The van der Waals surface area contributed by atoms with Crippen LogP contribution in [0, 0.1) is 5.82 Å². The van der Waals surface area contributed by atoms with E-state index in [1.807, 2.05) is 14.1 Å². The number of halogens is 2. The van der Waals surface area contributed by atoms with E-state index in [9.17, 15) is 9.18 Å². The first kappa shape index (κ1) is 18.7. The summed E-state index contributed by atoms with van der Waals surface area (Å²) in [6.07, 6.45) is 3.97. The Hall–Kier alpha value is -3.13. The predicted molar refractivity (Wildman–Crippen MR) is 99.6 cm³/mol. The van der Waals surface area contributed by atoms with Gasteiger partial charge in [0, 0.05) is 38.0 Å². The summed E-state index contributed by atoms with van der Waals surface area (Å²) in [6, 6.07) is 8.60. The number of hydrogen-bond acceptors (Lipinski definition) is 6. The number of amides is 1. The Morgan fingerprint density at radius 3 is 2.85 bits per heavy atom. The number of carbonyl (C=O) groups excluding carboxylic acids is 1. The zero-order valence-corrected chi connectivity index (χ0v) is 15.4. The van der Waals surface area contributed by atoms with Crippen molar-refractivity contribution in [2.45, 2.75) is 6.23 Å². The van der Waals surface area contributed by atoms with Gasteiger partial charge in [-0.1, -0.05) is 17.7 Å². The van der Waals surface area contributed by atoms with Crippen LogP contribution in [0.5, 0.6) is 5.75 Å². The lowest BCUT2D eigenvalue weighted by atomic mass is 10.2. The number of nitrogens with one attached hydrogen (secondary N) is 1. The van der Waals surface area contributed by atoms with Crippen molar-refractivity contribution in [3.8, 4) is 5.75 Å². The van der Waals surface area contributed by atoms with Crippen LogP contribution < -0.4 is 10.2 Å². The summed E-state index contributed by atoms with van der Waals surface area (Å²) in [5, 5.41) is 1.67. The van der Waals surface area contributed by atoms with Crippen LogP contribution in [0.3, 0.4) is 0 Å². The van der Waals surface area contributed by atoms with Crippen LogP contribution in [0.1, 0.15) is 10.4 Å². The third-order valence-corrected chi connectivity index (χ3v) is 3.82. The smallest absolute Gasteiger partial charge is 0.270 e. The van der Waals surface area contributed by atoms with Crippen molar-refractivity contribution in [2.75, 3.05) is 14.1 Å². The number of carbonyl (C=O) groups is 1. The lowest BCUT2D eigenvalue weighted by molar-refractivity contribution is 0.0595. The van der Waals surface area contributed by atoms with Crippen molar-refractivity contribution >= 4 is 23.8 Å². The summed E-state index contributed by atoms with van der Waals surface area (Å²) in [6.45, 7) is 0. The van der Waals surface area contributed by atoms with Crippen molar-refractivity contribution in [1.29, 1.82) is 0 Å². The Bertz CT molecular complexity index is 903. The fourth-order valence-electron chi connectivity index (χ4n) is 2.29. The molecule has 1 N–H and O–H groups in total. The van der Waals surface area contributed by atoms with Crippen molar-refractivity contribution in [3.05, 3.63) is 71.0 Å². The molecule has 140 valence electrons. The number of pyridine rings is 1. The fourth-order valence-corrected chi connectivity index (χ4v) is 2.46. The van der Waals surface area contributed by atoms with Crippen LogP contribution in [0.2, 0.25) is 5.15 Å². The van der Waals surface area contributed by atoms with Gasteiger partial charge in [0.25, 0.3) is 5.91 Å². The number of benzene rings is 1. The quantitative estimate of drug-likeness (QED) is 0.796. The topological polar surface area (TPSA) is 70.1 Å². The van der Waals surface area contributed by atoms with Crippen LogP contribution in [-0.4, -0.2) is 47.5 Å². The van der Waals surface area contributed by atoms with Gasteiger partial charge in [-0.25, -0.2) is 19.4 Å². The number of rotatable bonds is 5. The second kappa shape index (κ2) is 8.05. The normalized spacial score (nSPS) is 15.9. The Morgan fingerprint density at radius 2 is 2.15 bits per heavy atom. The number of hydrogen-bond donors (Lipinski definition) is 1. The molecule has 2 heterocycles. The Kier molecular flexibility index (Phi) is 5.56. The molecule has 1 aromatic heterocycles. The van der Waals surface area contributed by atoms with Gasteiger partial charge in [-0.05, 0) is 24.3 Å². The lowest BCUT2D eigenvalue weighted by Crippen LogP contribution is -2.51. The molecule has 3 rings (SSSR count). The Morgan fingerprint density at radius 1 is 1.33 bits per heavy atom. The third kappa shape index (κ3) is 4.73. The number of nitrogens with zero attached hydrogens (tertiary/aromatic N) is 4. The maximum absolute atomic E-state index is 13.4. The maximum Gasteiger partial charge on any atom is 0.270 e. The van der Waals surface area contributed by atoms with Gasteiger partial charge in [0.15, 0.2) is 0 Å². The molecule has 0 saturated carbocycles. The first-order chi connectivity index (χ1) is 12.9. The standard InChI is InChI=1S/C18H17ClFN5O2/c1-24(2)16-10-17(27-14-6-7-21-15(19)9-14)25(11-22-16)23-18(26)12-4-3-5-13(20)8-12/h3-11,17H,1-2H3,(H,23,26). The number of ether oxygens (including phenoxy) is 1.